The van der Waals surface area contributed by atoms with Crippen LogP contribution in [0.2, 0.25) is 0 Å². The van der Waals surface area contributed by atoms with Gasteiger partial charge < -0.3 is 10.1 Å². The van der Waals surface area contributed by atoms with Gasteiger partial charge in [0.1, 0.15) is 5.54 Å². The zero-order valence-corrected chi connectivity index (χ0v) is 12.9. The average Bonchev–Trinajstić information content (AvgIpc) is 2.81. The lowest BCUT2D eigenvalue weighted by molar-refractivity contribution is -0.150. The van der Waals surface area contributed by atoms with Gasteiger partial charge >= 0.3 is 5.97 Å². The van der Waals surface area contributed by atoms with E-state index in [1.54, 1.807) is 0 Å². The van der Waals surface area contributed by atoms with Crippen LogP contribution >= 0.6 is 11.8 Å². The molecule has 106 valence electrons. The molecule has 4 heteroatoms. The van der Waals surface area contributed by atoms with Crippen molar-refractivity contribution in [1.29, 1.82) is 0 Å². The van der Waals surface area contributed by atoms with Gasteiger partial charge in [-0.15, -0.1) is 0 Å². The van der Waals surface area contributed by atoms with Gasteiger partial charge in [-0.2, -0.15) is 11.8 Å². The Morgan fingerprint density at radius 3 is 2.83 bits per heavy atom. The second-order valence-electron chi connectivity index (χ2n) is 5.26. The molecule has 0 bridgehead atoms. The van der Waals surface area contributed by atoms with Crippen LogP contribution in [-0.2, 0) is 9.53 Å². The van der Waals surface area contributed by atoms with Crippen LogP contribution in [0.1, 0.15) is 46.5 Å². The summed E-state index contributed by atoms with van der Waals surface area (Å²) in [5, 5.41) is 3.80. The number of likely N-dealkylation sites (N-methyl/N-ethyl adjacent to an activating group) is 1. The van der Waals surface area contributed by atoms with Gasteiger partial charge in [0.2, 0.25) is 0 Å². The number of hydrogen-bond donors (Lipinski definition) is 1. The van der Waals surface area contributed by atoms with Gasteiger partial charge in [-0.1, -0.05) is 20.3 Å². The smallest absolute Gasteiger partial charge is 0.326 e. The van der Waals surface area contributed by atoms with Gasteiger partial charge in [0.15, 0.2) is 0 Å². The molecular formula is C14H27NO2S. The molecule has 0 aliphatic heterocycles. The lowest BCUT2D eigenvalue weighted by Gasteiger charge is -2.26. The molecule has 0 radical (unpaired) electrons. The van der Waals surface area contributed by atoms with E-state index in [4.69, 9.17) is 4.74 Å². The molecule has 1 N–H and O–H groups in total. The van der Waals surface area contributed by atoms with E-state index in [9.17, 15) is 4.79 Å². The fourth-order valence-corrected chi connectivity index (χ4v) is 3.87. The Morgan fingerprint density at radius 2 is 2.28 bits per heavy atom. The van der Waals surface area contributed by atoms with Crippen molar-refractivity contribution in [3.63, 3.8) is 0 Å². The molecular weight excluding hydrogens is 246 g/mol. The lowest BCUT2D eigenvalue weighted by atomic mass is 9.98. The molecule has 0 aromatic heterocycles. The molecule has 3 atom stereocenters. The fraction of sp³-hybridized carbons (Fsp3) is 0.929. The third kappa shape index (κ3) is 3.89. The van der Waals surface area contributed by atoms with Crippen LogP contribution in [0.25, 0.3) is 0 Å². The second-order valence-corrected chi connectivity index (χ2v) is 6.60. The summed E-state index contributed by atoms with van der Waals surface area (Å²) in [4.78, 5) is 12.0. The van der Waals surface area contributed by atoms with Crippen LogP contribution in [-0.4, -0.2) is 36.2 Å². The van der Waals surface area contributed by atoms with Crippen molar-refractivity contribution in [2.24, 2.45) is 5.92 Å². The molecule has 1 saturated carbocycles. The van der Waals surface area contributed by atoms with Crippen LogP contribution in [0.4, 0.5) is 0 Å². The number of hydrogen-bond acceptors (Lipinski definition) is 4. The summed E-state index contributed by atoms with van der Waals surface area (Å²) in [5.41, 5.74) is -0.427. The number of ether oxygens (including phenoxy) is 1. The third-order valence-corrected chi connectivity index (χ3v) is 5.56. The Kier molecular flexibility index (Phi) is 6.50. The highest BCUT2D eigenvalue weighted by Crippen LogP contribution is 2.38. The third-order valence-electron chi connectivity index (χ3n) is 3.93. The first-order chi connectivity index (χ1) is 8.57. The van der Waals surface area contributed by atoms with Gasteiger partial charge in [0.05, 0.1) is 6.61 Å². The number of rotatable bonds is 7. The minimum Gasteiger partial charge on any atom is -0.465 e. The molecule has 3 unspecified atom stereocenters. The summed E-state index contributed by atoms with van der Waals surface area (Å²) in [5.74, 6) is 1.89. The molecule has 18 heavy (non-hydrogen) atoms. The minimum absolute atomic E-state index is 0.0702. The van der Waals surface area contributed by atoms with E-state index in [-0.39, 0.29) is 5.97 Å². The summed E-state index contributed by atoms with van der Waals surface area (Å²) in [6, 6.07) is 0. The van der Waals surface area contributed by atoms with E-state index in [0.29, 0.717) is 11.9 Å². The van der Waals surface area contributed by atoms with Gasteiger partial charge in [0.25, 0.3) is 0 Å². The number of esters is 1. The van der Waals surface area contributed by atoms with E-state index in [1.165, 1.54) is 12.2 Å². The summed E-state index contributed by atoms with van der Waals surface area (Å²) in [6.45, 7) is 6.85. The largest absolute Gasteiger partial charge is 0.465 e. The zero-order chi connectivity index (χ0) is 13.6. The van der Waals surface area contributed by atoms with E-state index in [1.807, 2.05) is 25.7 Å². The molecule has 0 saturated heterocycles. The van der Waals surface area contributed by atoms with Crippen molar-refractivity contribution < 1.29 is 9.53 Å². The predicted octanol–water partition coefficient (Wildman–Crippen LogP) is 2.84. The lowest BCUT2D eigenvalue weighted by Crippen LogP contribution is -2.49. The number of thioether (sulfide) groups is 1. The molecule has 0 aromatic carbocycles. The molecule has 1 aliphatic carbocycles. The monoisotopic (exact) mass is 273 g/mol. The van der Waals surface area contributed by atoms with Crippen molar-refractivity contribution in [3.8, 4) is 0 Å². The molecule has 0 amide bonds. The average molecular weight is 273 g/mol. The SMILES string of the molecule is CCOC(=O)C1(NC)CCC(SCC(C)CC)C1. The fourth-order valence-electron chi connectivity index (χ4n) is 2.34. The Balaban J connectivity index is 2.48. The molecule has 1 aliphatic rings. The molecule has 3 nitrogen and oxygen atoms in total. The first-order valence-corrected chi connectivity index (χ1v) is 8.10. The summed E-state index contributed by atoms with van der Waals surface area (Å²) >= 11 is 2.02. The molecule has 0 heterocycles. The number of nitrogens with one attached hydrogen (secondary N) is 1. The highest BCUT2D eigenvalue weighted by atomic mass is 32.2. The molecule has 1 rings (SSSR count). The first-order valence-electron chi connectivity index (χ1n) is 7.05. The van der Waals surface area contributed by atoms with Crippen molar-refractivity contribution in [2.75, 3.05) is 19.4 Å². The van der Waals surface area contributed by atoms with Crippen LogP contribution in [0.5, 0.6) is 0 Å². The summed E-state index contributed by atoms with van der Waals surface area (Å²) < 4.78 is 5.20. The number of carbonyl (C=O) groups is 1. The van der Waals surface area contributed by atoms with Crippen LogP contribution in [0.3, 0.4) is 0 Å². The van der Waals surface area contributed by atoms with Gasteiger partial charge in [-0.3, -0.25) is 4.79 Å². The highest BCUT2D eigenvalue weighted by Gasteiger charge is 2.45. The molecule has 0 aromatic rings. The topological polar surface area (TPSA) is 38.3 Å². The first kappa shape index (κ1) is 15.8. The minimum atomic E-state index is -0.427. The maximum absolute atomic E-state index is 12.0. The van der Waals surface area contributed by atoms with Crippen LogP contribution < -0.4 is 5.32 Å². The van der Waals surface area contributed by atoms with E-state index in [0.717, 1.165) is 25.2 Å². The second kappa shape index (κ2) is 7.39. The van der Waals surface area contributed by atoms with Crippen LogP contribution in [0, 0.1) is 5.92 Å². The number of carbonyl (C=O) groups excluding carboxylic acids is 1. The van der Waals surface area contributed by atoms with Crippen molar-refractivity contribution >= 4 is 17.7 Å². The maximum atomic E-state index is 12.0. The maximum Gasteiger partial charge on any atom is 0.326 e. The molecule has 0 spiro atoms. The van der Waals surface area contributed by atoms with Crippen molar-refractivity contribution in [3.05, 3.63) is 0 Å². The quantitative estimate of drug-likeness (QED) is 0.724. The Hall–Kier alpha value is -0.220. The molecule has 1 fully saturated rings. The Labute approximate surface area is 115 Å². The van der Waals surface area contributed by atoms with Crippen molar-refractivity contribution in [2.45, 2.75) is 57.2 Å². The van der Waals surface area contributed by atoms with Crippen molar-refractivity contribution in [1.82, 2.24) is 5.32 Å². The summed E-state index contributed by atoms with van der Waals surface area (Å²) in [6.07, 6.45) is 4.15. The van der Waals surface area contributed by atoms with E-state index < -0.39 is 5.54 Å². The Bertz CT molecular complexity index is 273. The van der Waals surface area contributed by atoms with Gasteiger partial charge in [-0.05, 0) is 44.9 Å². The van der Waals surface area contributed by atoms with E-state index in [2.05, 4.69) is 19.2 Å². The predicted molar refractivity (Wildman–Crippen MR) is 78.0 cm³/mol. The highest BCUT2D eigenvalue weighted by molar-refractivity contribution is 7.99. The van der Waals surface area contributed by atoms with Crippen LogP contribution in [0.15, 0.2) is 0 Å². The van der Waals surface area contributed by atoms with E-state index >= 15 is 0 Å². The normalized spacial score (nSPS) is 29.2. The standard InChI is InChI=1S/C14H27NO2S/c1-5-11(3)10-18-12-7-8-14(9-12,15-4)13(16)17-6-2/h11-12,15H,5-10H2,1-4H3. The summed E-state index contributed by atoms with van der Waals surface area (Å²) in [7, 11) is 1.87. The van der Waals surface area contributed by atoms with Gasteiger partial charge in [0, 0.05) is 5.25 Å². The zero-order valence-electron chi connectivity index (χ0n) is 12.1. The van der Waals surface area contributed by atoms with Gasteiger partial charge in [-0.25, -0.2) is 0 Å². The Morgan fingerprint density at radius 1 is 1.56 bits per heavy atom.